The lowest BCUT2D eigenvalue weighted by Gasteiger charge is -2.15. The zero-order valence-corrected chi connectivity index (χ0v) is 16.8. The average molecular weight is 415 g/mol. The molecule has 152 valence electrons. The van der Waals surface area contributed by atoms with Gasteiger partial charge in [-0.1, -0.05) is 42.4 Å². The van der Waals surface area contributed by atoms with Gasteiger partial charge in [0, 0.05) is 12.0 Å². The minimum Gasteiger partial charge on any atom is -0.497 e. The molecule has 3 rings (SSSR count). The number of nitrogens with zero attached hydrogens (tertiary/aromatic N) is 2. The van der Waals surface area contributed by atoms with Crippen LogP contribution in [0.25, 0.3) is 0 Å². The van der Waals surface area contributed by atoms with Gasteiger partial charge in [-0.05, 0) is 29.8 Å². The highest BCUT2D eigenvalue weighted by molar-refractivity contribution is 7.91. The number of benzene rings is 2. The fourth-order valence-electron chi connectivity index (χ4n) is 2.64. The molecule has 0 bridgehead atoms. The molecule has 0 unspecified atom stereocenters. The van der Waals surface area contributed by atoms with Gasteiger partial charge in [0.1, 0.15) is 11.8 Å². The summed E-state index contributed by atoms with van der Waals surface area (Å²) in [5, 5.41) is 9.92. The van der Waals surface area contributed by atoms with Crippen molar-refractivity contribution in [3.05, 3.63) is 71.6 Å². The molecule has 1 N–H and O–H groups in total. The molecule has 0 radical (unpaired) electrons. The van der Waals surface area contributed by atoms with Crippen LogP contribution in [0, 0.1) is 0 Å². The Hall–Kier alpha value is -3.20. The predicted octanol–water partition coefficient (Wildman–Crippen LogP) is 2.59. The van der Waals surface area contributed by atoms with Gasteiger partial charge in [-0.25, -0.2) is 8.42 Å². The first-order chi connectivity index (χ1) is 13.9. The standard InChI is InChI=1S/C20H21N3O5S/c1-3-29(25,26)20-23-22-19(28-20)17(13-14-7-5-4-6-8-14)21-18(24)15-9-11-16(27-2)12-10-15/h4-12,17H,3,13H2,1-2H3,(H,21,24)/t17-/m0/s1. The lowest BCUT2D eigenvalue weighted by Crippen LogP contribution is -2.30. The molecule has 0 aliphatic rings. The number of rotatable bonds is 8. The summed E-state index contributed by atoms with van der Waals surface area (Å²) >= 11 is 0. The molecule has 0 saturated carbocycles. The van der Waals surface area contributed by atoms with E-state index in [-0.39, 0.29) is 17.6 Å². The van der Waals surface area contributed by atoms with E-state index in [0.29, 0.717) is 17.7 Å². The van der Waals surface area contributed by atoms with Crippen LogP contribution in [-0.2, 0) is 16.3 Å². The normalized spacial score (nSPS) is 12.3. The van der Waals surface area contributed by atoms with E-state index in [1.54, 1.807) is 31.4 Å². The number of hydrogen-bond acceptors (Lipinski definition) is 7. The summed E-state index contributed by atoms with van der Waals surface area (Å²) < 4.78 is 34.5. The average Bonchev–Trinajstić information content (AvgIpc) is 3.25. The summed E-state index contributed by atoms with van der Waals surface area (Å²) in [4.78, 5) is 12.7. The first kappa shape index (κ1) is 20.5. The Kier molecular flexibility index (Phi) is 6.28. The van der Waals surface area contributed by atoms with E-state index in [0.717, 1.165) is 5.56 Å². The maximum absolute atomic E-state index is 12.7. The van der Waals surface area contributed by atoms with Crippen LogP contribution in [-0.4, -0.2) is 37.4 Å². The molecule has 0 spiro atoms. The Morgan fingerprint density at radius 3 is 2.41 bits per heavy atom. The van der Waals surface area contributed by atoms with Crippen molar-refractivity contribution in [3.8, 4) is 5.75 Å². The molecule has 0 aliphatic heterocycles. The van der Waals surface area contributed by atoms with E-state index >= 15 is 0 Å². The minimum absolute atomic E-state index is 0.0303. The second kappa shape index (κ2) is 8.87. The number of sulfone groups is 1. The number of aromatic nitrogens is 2. The van der Waals surface area contributed by atoms with Gasteiger partial charge in [-0.15, -0.1) is 5.10 Å². The first-order valence-corrected chi connectivity index (χ1v) is 10.6. The molecule has 0 fully saturated rings. The van der Waals surface area contributed by atoms with Crippen molar-refractivity contribution in [1.29, 1.82) is 0 Å². The third-order valence-corrected chi connectivity index (χ3v) is 5.76. The van der Waals surface area contributed by atoms with Crippen molar-refractivity contribution in [1.82, 2.24) is 15.5 Å². The van der Waals surface area contributed by atoms with Crippen LogP contribution in [0.2, 0.25) is 0 Å². The summed E-state index contributed by atoms with van der Waals surface area (Å²) in [6.07, 6.45) is 0.358. The molecule has 1 aromatic heterocycles. The van der Waals surface area contributed by atoms with E-state index in [2.05, 4.69) is 15.5 Å². The Balaban J connectivity index is 1.87. The van der Waals surface area contributed by atoms with Gasteiger partial charge < -0.3 is 14.5 Å². The largest absolute Gasteiger partial charge is 0.497 e. The summed E-state index contributed by atoms with van der Waals surface area (Å²) in [5.41, 5.74) is 1.34. The van der Waals surface area contributed by atoms with Gasteiger partial charge in [0.15, 0.2) is 0 Å². The molecule has 8 nitrogen and oxygen atoms in total. The number of ether oxygens (including phenoxy) is 1. The van der Waals surface area contributed by atoms with Crippen LogP contribution in [0.4, 0.5) is 0 Å². The van der Waals surface area contributed by atoms with Crippen molar-refractivity contribution < 1.29 is 22.4 Å². The van der Waals surface area contributed by atoms with Crippen molar-refractivity contribution in [2.75, 3.05) is 12.9 Å². The molecule has 3 aromatic rings. The van der Waals surface area contributed by atoms with Gasteiger partial charge in [-0.2, -0.15) is 0 Å². The summed E-state index contributed by atoms with van der Waals surface area (Å²) in [6.45, 7) is 1.49. The van der Waals surface area contributed by atoms with E-state index < -0.39 is 21.1 Å². The maximum atomic E-state index is 12.7. The second-order valence-electron chi connectivity index (χ2n) is 6.25. The Bertz CT molecular complexity index is 1060. The second-order valence-corrected chi connectivity index (χ2v) is 8.41. The van der Waals surface area contributed by atoms with Crippen molar-refractivity contribution in [3.63, 3.8) is 0 Å². The predicted molar refractivity (Wildman–Crippen MR) is 105 cm³/mol. The number of methoxy groups -OCH3 is 1. The van der Waals surface area contributed by atoms with E-state index in [4.69, 9.17) is 9.15 Å². The fourth-order valence-corrected chi connectivity index (χ4v) is 3.27. The van der Waals surface area contributed by atoms with Crippen LogP contribution in [0.5, 0.6) is 5.75 Å². The highest BCUT2D eigenvalue weighted by Gasteiger charge is 2.26. The smallest absolute Gasteiger partial charge is 0.335 e. The third kappa shape index (κ3) is 5.00. The monoisotopic (exact) mass is 415 g/mol. The number of carbonyl (C=O) groups is 1. The molecule has 1 heterocycles. The van der Waals surface area contributed by atoms with Crippen molar-refractivity contribution in [2.24, 2.45) is 0 Å². The van der Waals surface area contributed by atoms with E-state index in [1.165, 1.54) is 6.92 Å². The lowest BCUT2D eigenvalue weighted by atomic mass is 10.1. The number of nitrogens with one attached hydrogen (secondary N) is 1. The van der Waals surface area contributed by atoms with Crippen molar-refractivity contribution in [2.45, 2.75) is 24.6 Å². The first-order valence-electron chi connectivity index (χ1n) is 8.98. The maximum Gasteiger partial charge on any atom is 0.335 e. The van der Waals surface area contributed by atoms with Crippen LogP contribution in [0.3, 0.4) is 0 Å². The molecule has 1 amide bonds. The highest BCUT2D eigenvalue weighted by Crippen LogP contribution is 2.21. The number of carbonyl (C=O) groups excluding carboxylic acids is 1. The van der Waals surface area contributed by atoms with E-state index in [9.17, 15) is 13.2 Å². The molecular formula is C20H21N3O5S. The molecule has 0 aliphatic carbocycles. The van der Waals surface area contributed by atoms with Gasteiger partial charge in [0.05, 0.1) is 12.9 Å². The fraction of sp³-hybridized carbons (Fsp3) is 0.250. The SMILES string of the molecule is CCS(=O)(=O)c1nnc([C@H](Cc2ccccc2)NC(=O)c2ccc(OC)cc2)o1. The molecule has 2 aromatic carbocycles. The zero-order chi connectivity index (χ0) is 20.9. The number of hydrogen-bond donors (Lipinski definition) is 1. The van der Waals surface area contributed by atoms with Crippen LogP contribution in [0.1, 0.15) is 34.8 Å². The molecule has 1 atom stereocenters. The molecule has 0 saturated heterocycles. The van der Waals surface area contributed by atoms with Gasteiger partial charge in [-0.3, -0.25) is 4.79 Å². The molecular weight excluding hydrogens is 394 g/mol. The zero-order valence-electron chi connectivity index (χ0n) is 16.0. The van der Waals surface area contributed by atoms with Gasteiger partial charge >= 0.3 is 5.22 Å². The topological polar surface area (TPSA) is 111 Å². The van der Waals surface area contributed by atoms with E-state index in [1.807, 2.05) is 30.3 Å². The summed E-state index contributed by atoms with van der Waals surface area (Å²) in [6, 6.07) is 15.4. The minimum atomic E-state index is -3.64. The Morgan fingerprint density at radius 1 is 1.10 bits per heavy atom. The summed E-state index contributed by atoms with van der Waals surface area (Å²) in [5.74, 6) is 0.152. The van der Waals surface area contributed by atoms with Crippen LogP contribution >= 0.6 is 0 Å². The quantitative estimate of drug-likeness (QED) is 0.602. The summed E-state index contributed by atoms with van der Waals surface area (Å²) in [7, 11) is -2.09. The highest BCUT2D eigenvalue weighted by atomic mass is 32.2. The Labute approximate surface area is 168 Å². The third-order valence-electron chi connectivity index (χ3n) is 4.31. The van der Waals surface area contributed by atoms with Crippen molar-refractivity contribution >= 4 is 15.7 Å². The van der Waals surface area contributed by atoms with Gasteiger partial charge in [0.25, 0.3) is 5.91 Å². The lowest BCUT2D eigenvalue weighted by molar-refractivity contribution is 0.0929. The van der Waals surface area contributed by atoms with Gasteiger partial charge in [0.2, 0.25) is 15.7 Å². The number of amides is 1. The van der Waals surface area contributed by atoms with Crippen LogP contribution in [0.15, 0.2) is 64.2 Å². The Morgan fingerprint density at radius 2 is 1.79 bits per heavy atom. The van der Waals surface area contributed by atoms with Crippen LogP contribution < -0.4 is 10.1 Å². The molecule has 29 heavy (non-hydrogen) atoms. The molecule has 9 heteroatoms.